The van der Waals surface area contributed by atoms with Crippen molar-refractivity contribution in [1.82, 2.24) is 5.32 Å². The number of amides is 1. The molecule has 1 heterocycles. The van der Waals surface area contributed by atoms with E-state index in [-0.39, 0.29) is 11.8 Å². The molecule has 0 bridgehead atoms. The first-order valence-electron chi connectivity index (χ1n) is 9.89. The summed E-state index contributed by atoms with van der Waals surface area (Å²) in [7, 11) is 3.20. The Labute approximate surface area is 172 Å². The van der Waals surface area contributed by atoms with E-state index in [0.717, 1.165) is 22.6 Å². The molecule has 2 aromatic carbocycles. The fraction of sp³-hybridized carbons (Fsp3) is 0.435. The summed E-state index contributed by atoms with van der Waals surface area (Å²) < 4.78 is 21.9. The normalized spacial score (nSPS) is 13.7. The van der Waals surface area contributed by atoms with Gasteiger partial charge in [-0.3, -0.25) is 4.79 Å². The summed E-state index contributed by atoms with van der Waals surface area (Å²) >= 11 is 0. The second kappa shape index (κ2) is 9.54. The zero-order valence-electron chi connectivity index (χ0n) is 17.5. The molecule has 0 fully saturated rings. The van der Waals surface area contributed by atoms with Crippen LogP contribution in [0.2, 0.25) is 0 Å². The molecule has 6 nitrogen and oxygen atoms in total. The zero-order chi connectivity index (χ0) is 20.8. The molecule has 1 atom stereocenters. The van der Waals surface area contributed by atoms with Gasteiger partial charge in [-0.1, -0.05) is 26.0 Å². The lowest BCUT2D eigenvalue weighted by molar-refractivity contribution is -0.121. The molecule has 0 spiro atoms. The molecule has 0 aliphatic carbocycles. The smallest absolute Gasteiger partial charge is 0.220 e. The number of methoxy groups -OCH3 is 2. The second-order valence-corrected chi connectivity index (χ2v) is 7.42. The van der Waals surface area contributed by atoms with Gasteiger partial charge in [0.2, 0.25) is 5.91 Å². The first-order valence-corrected chi connectivity index (χ1v) is 9.89. The first kappa shape index (κ1) is 20.8. The SMILES string of the molecule is COc1ccc(CNC(=O)CC(c2ccc3c(c2)OCCO3)C(C)C)cc1OC. The average molecular weight is 399 g/mol. The summed E-state index contributed by atoms with van der Waals surface area (Å²) in [5, 5.41) is 3.01. The van der Waals surface area contributed by atoms with E-state index < -0.39 is 0 Å². The quantitative estimate of drug-likeness (QED) is 0.729. The summed E-state index contributed by atoms with van der Waals surface area (Å²) in [5.41, 5.74) is 2.04. The van der Waals surface area contributed by atoms with E-state index in [0.29, 0.717) is 43.6 Å². The molecular weight excluding hydrogens is 370 g/mol. The Morgan fingerprint density at radius 3 is 2.41 bits per heavy atom. The third kappa shape index (κ3) is 5.13. The Morgan fingerprint density at radius 2 is 1.72 bits per heavy atom. The maximum absolute atomic E-state index is 12.6. The van der Waals surface area contributed by atoms with Crippen molar-refractivity contribution < 1.29 is 23.7 Å². The Kier molecular flexibility index (Phi) is 6.86. The van der Waals surface area contributed by atoms with Crippen LogP contribution in [0.3, 0.4) is 0 Å². The summed E-state index contributed by atoms with van der Waals surface area (Å²) in [6.07, 6.45) is 0.407. The molecule has 1 aliphatic heterocycles. The predicted molar refractivity (Wildman–Crippen MR) is 111 cm³/mol. The van der Waals surface area contributed by atoms with Gasteiger partial charge < -0.3 is 24.3 Å². The van der Waals surface area contributed by atoms with Crippen molar-refractivity contribution in [2.45, 2.75) is 32.7 Å². The van der Waals surface area contributed by atoms with Crippen molar-refractivity contribution in [2.75, 3.05) is 27.4 Å². The topological polar surface area (TPSA) is 66.0 Å². The molecule has 3 rings (SSSR count). The molecule has 1 unspecified atom stereocenters. The maximum atomic E-state index is 12.6. The van der Waals surface area contributed by atoms with Crippen molar-refractivity contribution in [3.05, 3.63) is 47.5 Å². The van der Waals surface area contributed by atoms with Gasteiger partial charge in [-0.25, -0.2) is 0 Å². The van der Waals surface area contributed by atoms with Crippen LogP contribution in [0.5, 0.6) is 23.0 Å². The van der Waals surface area contributed by atoms with Crippen molar-refractivity contribution in [1.29, 1.82) is 0 Å². The van der Waals surface area contributed by atoms with Crippen molar-refractivity contribution in [3.63, 3.8) is 0 Å². The van der Waals surface area contributed by atoms with Crippen LogP contribution in [-0.2, 0) is 11.3 Å². The fourth-order valence-corrected chi connectivity index (χ4v) is 3.49. The molecule has 0 saturated heterocycles. The second-order valence-electron chi connectivity index (χ2n) is 7.42. The summed E-state index contributed by atoms with van der Waals surface area (Å²) in [6.45, 7) is 5.81. The lowest BCUT2D eigenvalue weighted by atomic mass is 9.85. The Balaban J connectivity index is 1.64. The van der Waals surface area contributed by atoms with Crippen LogP contribution in [0.1, 0.15) is 37.3 Å². The van der Waals surface area contributed by atoms with Crippen LogP contribution in [0.25, 0.3) is 0 Å². The molecule has 29 heavy (non-hydrogen) atoms. The van der Waals surface area contributed by atoms with Gasteiger partial charge in [0, 0.05) is 13.0 Å². The number of rotatable bonds is 8. The van der Waals surface area contributed by atoms with Gasteiger partial charge in [-0.2, -0.15) is 0 Å². The lowest BCUT2D eigenvalue weighted by Gasteiger charge is -2.24. The van der Waals surface area contributed by atoms with Crippen LogP contribution in [0, 0.1) is 5.92 Å². The number of hydrogen-bond acceptors (Lipinski definition) is 5. The van der Waals surface area contributed by atoms with E-state index in [1.807, 2.05) is 36.4 Å². The highest BCUT2D eigenvalue weighted by Crippen LogP contribution is 2.36. The number of ether oxygens (including phenoxy) is 4. The standard InChI is InChI=1S/C23H29NO5/c1-15(2)18(17-6-8-20-22(12-17)29-10-9-28-20)13-23(25)24-14-16-5-7-19(26-3)21(11-16)27-4/h5-8,11-12,15,18H,9-10,13-14H2,1-4H3,(H,24,25). The molecular formula is C23H29NO5. The monoisotopic (exact) mass is 399 g/mol. The number of benzene rings is 2. The molecule has 1 aliphatic rings. The van der Waals surface area contributed by atoms with E-state index in [2.05, 4.69) is 19.2 Å². The van der Waals surface area contributed by atoms with E-state index in [1.165, 1.54) is 0 Å². The number of fused-ring (bicyclic) bond motifs is 1. The molecule has 1 amide bonds. The molecule has 156 valence electrons. The Hall–Kier alpha value is -2.89. The largest absolute Gasteiger partial charge is 0.493 e. The van der Waals surface area contributed by atoms with Gasteiger partial charge in [0.15, 0.2) is 23.0 Å². The predicted octanol–water partition coefficient (Wildman–Crippen LogP) is 3.92. The molecule has 0 saturated carbocycles. The minimum Gasteiger partial charge on any atom is -0.493 e. The third-order valence-electron chi connectivity index (χ3n) is 5.14. The first-order chi connectivity index (χ1) is 14.0. The Bertz CT molecular complexity index is 849. The van der Waals surface area contributed by atoms with Gasteiger partial charge in [-0.05, 0) is 47.2 Å². The van der Waals surface area contributed by atoms with Crippen molar-refractivity contribution in [2.24, 2.45) is 5.92 Å². The molecule has 0 radical (unpaired) electrons. The number of hydrogen-bond donors (Lipinski definition) is 1. The third-order valence-corrected chi connectivity index (χ3v) is 5.14. The average Bonchev–Trinajstić information content (AvgIpc) is 2.75. The molecule has 1 N–H and O–H groups in total. The van der Waals surface area contributed by atoms with Crippen LogP contribution in [0.4, 0.5) is 0 Å². The van der Waals surface area contributed by atoms with Gasteiger partial charge >= 0.3 is 0 Å². The Morgan fingerprint density at radius 1 is 1.00 bits per heavy atom. The van der Waals surface area contributed by atoms with Gasteiger partial charge in [0.1, 0.15) is 13.2 Å². The van der Waals surface area contributed by atoms with Gasteiger partial charge in [-0.15, -0.1) is 0 Å². The molecule has 6 heteroatoms. The lowest BCUT2D eigenvalue weighted by Crippen LogP contribution is -2.26. The van der Waals surface area contributed by atoms with Crippen molar-refractivity contribution in [3.8, 4) is 23.0 Å². The van der Waals surface area contributed by atoms with Crippen LogP contribution in [-0.4, -0.2) is 33.3 Å². The molecule has 2 aromatic rings. The van der Waals surface area contributed by atoms with Crippen LogP contribution >= 0.6 is 0 Å². The van der Waals surface area contributed by atoms with Gasteiger partial charge in [0.25, 0.3) is 0 Å². The van der Waals surface area contributed by atoms with Crippen LogP contribution < -0.4 is 24.3 Å². The van der Waals surface area contributed by atoms with E-state index >= 15 is 0 Å². The minimum absolute atomic E-state index is 0.00775. The van der Waals surface area contributed by atoms with Crippen LogP contribution in [0.15, 0.2) is 36.4 Å². The zero-order valence-corrected chi connectivity index (χ0v) is 17.5. The van der Waals surface area contributed by atoms with Crippen molar-refractivity contribution >= 4 is 5.91 Å². The fourth-order valence-electron chi connectivity index (χ4n) is 3.49. The highest BCUT2D eigenvalue weighted by Gasteiger charge is 2.22. The maximum Gasteiger partial charge on any atom is 0.220 e. The highest BCUT2D eigenvalue weighted by atomic mass is 16.6. The number of carbonyl (C=O) groups is 1. The minimum atomic E-state index is 0.00775. The summed E-state index contributed by atoms with van der Waals surface area (Å²) in [4.78, 5) is 12.6. The van der Waals surface area contributed by atoms with Gasteiger partial charge in [0.05, 0.1) is 14.2 Å². The molecule has 0 aromatic heterocycles. The van der Waals surface area contributed by atoms with E-state index in [1.54, 1.807) is 14.2 Å². The van der Waals surface area contributed by atoms with E-state index in [4.69, 9.17) is 18.9 Å². The number of carbonyl (C=O) groups excluding carboxylic acids is 1. The summed E-state index contributed by atoms with van der Waals surface area (Å²) in [6, 6.07) is 11.6. The highest BCUT2D eigenvalue weighted by molar-refractivity contribution is 5.77. The summed E-state index contributed by atoms with van der Waals surface area (Å²) in [5.74, 6) is 3.25. The number of nitrogens with one attached hydrogen (secondary N) is 1. The van der Waals surface area contributed by atoms with E-state index in [9.17, 15) is 4.79 Å².